The summed E-state index contributed by atoms with van der Waals surface area (Å²) in [5.41, 5.74) is -3.48. The maximum Gasteiger partial charge on any atom is 0.417 e. The Balaban J connectivity index is 0.000000152. The molecule has 0 unspecified atom stereocenters. The van der Waals surface area contributed by atoms with Gasteiger partial charge < -0.3 is 9.47 Å². The molecule has 6 heterocycles. The normalized spacial score (nSPS) is 32.8. The van der Waals surface area contributed by atoms with Gasteiger partial charge in [-0.25, -0.2) is 21.7 Å². The minimum atomic E-state index is -4.73. The van der Waals surface area contributed by atoms with Crippen molar-refractivity contribution in [3.8, 4) is 6.07 Å². The maximum absolute atomic E-state index is 13.1. The second-order valence-corrected chi connectivity index (χ2v) is 16.0. The van der Waals surface area contributed by atoms with E-state index < -0.39 is 77.5 Å². The SMILES string of the molecule is N#Cc1ccc(N2C[C@@H]3[C@@H]([C@@H]4C=C[C@H]3O4)S2(=O)=O)cc1C(F)(F)F.[C-]#[N+]c1ccc(N2C[C@H]3[C@H]([C@H]4C=C[C@@H]3O4)S2(=O)=O)cc1C(F)(F)F. The molecule has 6 aliphatic heterocycles. The van der Waals surface area contributed by atoms with Crippen molar-refractivity contribution in [2.24, 2.45) is 11.8 Å². The number of alkyl halides is 6. The fraction of sp³-hybridized carbons (Fsp3) is 0.400. The van der Waals surface area contributed by atoms with Crippen LogP contribution in [0.15, 0.2) is 60.7 Å². The molecule has 252 valence electrons. The van der Waals surface area contributed by atoms with Gasteiger partial charge in [0.25, 0.3) is 0 Å². The molecule has 8 atom stereocenters. The van der Waals surface area contributed by atoms with Crippen LogP contribution in [-0.4, -0.2) is 64.8 Å². The fourth-order valence-electron chi connectivity index (χ4n) is 7.31. The largest absolute Gasteiger partial charge is 0.417 e. The Labute approximate surface area is 270 Å². The van der Waals surface area contributed by atoms with E-state index in [9.17, 15) is 43.2 Å². The van der Waals surface area contributed by atoms with Crippen molar-refractivity contribution in [3.63, 3.8) is 0 Å². The van der Waals surface area contributed by atoms with Crippen molar-refractivity contribution in [1.29, 1.82) is 5.26 Å². The summed E-state index contributed by atoms with van der Waals surface area (Å²) in [6, 6.07) is 7.46. The summed E-state index contributed by atoms with van der Waals surface area (Å²) >= 11 is 0. The van der Waals surface area contributed by atoms with Crippen LogP contribution < -0.4 is 8.61 Å². The Morgan fingerprint density at radius 2 is 1.17 bits per heavy atom. The van der Waals surface area contributed by atoms with E-state index in [0.29, 0.717) is 0 Å². The van der Waals surface area contributed by atoms with Crippen LogP contribution in [-0.2, 0) is 41.9 Å². The van der Waals surface area contributed by atoms with Crippen LogP contribution in [0.1, 0.15) is 16.7 Å². The van der Waals surface area contributed by atoms with Gasteiger partial charge in [0.05, 0.1) is 59.4 Å². The molecular weight excluding hydrogens is 690 g/mol. The Bertz CT molecular complexity index is 1920. The van der Waals surface area contributed by atoms with Gasteiger partial charge in [-0.2, -0.15) is 31.6 Å². The van der Waals surface area contributed by atoms with Gasteiger partial charge in [0.1, 0.15) is 10.5 Å². The lowest BCUT2D eigenvalue weighted by Crippen LogP contribution is -2.35. The molecule has 8 rings (SSSR count). The van der Waals surface area contributed by atoms with Gasteiger partial charge in [-0.1, -0.05) is 30.4 Å². The molecule has 10 nitrogen and oxygen atoms in total. The number of nitrogens with zero attached hydrogens (tertiary/aromatic N) is 4. The van der Waals surface area contributed by atoms with E-state index in [1.807, 2.05) is 0 Å². The average molecular weight is 713 g/mol. The second-order valence-electron chi connectivity index (χ2n) is 12.0. The number of hydrogen-bond acceptors (Lipinski definition) is 7. The molecule has 48 heavy (non-hydrogen) atoms. The quantitative estimate of drug-likeness (QED) is 0.250. The van der Waals surface area contributed by atoms with Gasteiger partial charge in [0.15, 0.2) is 5.69 Å². The second kappa shape index (κ2) is 10.7. The van der Waals surface area contributed by atoms with Crippen LogP contribution >= 0.6 is 0 Å². The molecule has 4 bridgehead atoms. The van der Waals surface area contributed by atoms with Crippen LogP contribution in [0.5, 0.6) is 0 Å². The van der Waals surface area contributed by atoms with Crippen molar-refractivity contribution in [1.82, 2.24) is 0 Å². The third-order valence-electron chi connectivity index (χ3n) is 9.41. The van der Waals surface area contributed by atoms with Gasteiger partial charge in [-0.3, -0.25) is 8.61 Å². The third kappa shape index (κ3) is 4.88. The summed E-state index contributed by atoms with van der Waals surface area (Å²) in [5.74, 6) is -0.588. The van der Waals surface area contributed by atoms with E-state index in [1.54, 1.807) is 24.3 Å². The van der Waals surface area contributed by atoms with Crippen molar-refractivity contribution in [2.75, 3.05) is 21.7 Å². The van der Waals surface area contributed by atoms with Gasteiger partial charge >= 0.3 is 12.4 Å². The van der Waals surface area contributed by atoms with E-state index in [4.69, 9.17) is 21.3 Å². The number of ether oxygens (including phenoxy) is 2. The molecule has 18 heteroatoms. The van der Waals surface area contributed by atoms with Crippen molar-refractivity contribution < 1.29 is 52.7 Å². The summed E-state index contributed by atoms with van der Waals surface area (Å²) in [5, 5.41) is 7.32. The molecule has 0 saturated carbocycles. The summed E-state index contributed by atoms with van der Waals surface area (Å²) in [6.45, 7) is 7.00. The highest BCUT2D eigenvalue weighted by Crippen LogP contribution is 2.48. The Hall–Kier alpha value is -4.10. The number of nitriles is 1. The third-order valence-corrected chi connectivity index (χ3v) is 14.0. The molecule has 2 aromatic rings. The van der Waals surface area contributed by atoms with Gasteiger partial charge in [-0.05, 0) is 30.3 Å². The van der Waals surface area contributed by atoms with E-state index in [-0.39, 0.29) is 48.5 Å². The Kier molecular flexibility index (Phi) is 7.23. The topological polar surface area (TPSA) is 121 Å². The maximum atomic E-state index is 13.1. The highest BCUT2D eigenvalue weighted by Gasteiger charge is 2.61. The lowest BCUT2D eigenvalue weighted by molar-refractivity contribution is -0.138. The monoisotopic (exact) mass is 712 g/mol. The predicted octanol–water partition coefficient (Wildman–Crippen LogP) is 4.78. The summed E-state index contributed by atoms with van der Waals surface area (Å²) in [4.78, 5) is 2.86. The predicted molar refractivity (Wildman–Crippen MR) is 157 cm³/mol. The highest BCUT2D eigenvalue weighted by molar-refractivity contribution is 7.94. The van der Waals surface area contributed by atoms with Crippen LogP contribution in [0.3, 0.4) is 0 Å². The number of hydrogen-bond donors (Lipinski definition) is 0. The number of rotatable bonds is 2. The molecule has 0 aliphatic carbocycles. The van der Waals surface area contributed by atoms with Gasteiger partial charge in [0.2, 0.25) is 20.0 Å². The fourth-order valence-corrected chi connectivity index (χ4v) is 11.8. The lowest BCUT2D eigenvalue weighted by Gasteiger charge is -2.22. The van der Waals surface area contributed by atoms with Crippen LogP contribution in [0.4, 0.5) is 43.4 Å². The first-order valence-corrected chi connectivity index (χ1v) is 17.4. The van der Waals surface area contributed by atoms with Crippen molar-refractivity contribution in [3.05, 3.63) is 88.8 Å². The molecule has 0 amide bonds. The zero-order valence-electron chi connectivity index (χ0n) is 24.1. The first kappa shape index (κ1) is 32.4. The number of sulfonamides is 2. The summed E-state index contributed by atoms with van der Waals surface area (Å²) in [6.07, 6.45) is -4.20. The molecular formula is C30H22F6N4O6S2. The first-order chi connectivity index (χ1) is 22.5. The standard InChI is InChI=1S/2C15H11F3N2O3S/c1-19-11-3-2-8(6-10(11)15(16,17)18)20-7-9-12-4-5-13(23-12)14(9)24(20,21)22;16-15(17,18)11-5-9(2-1-8(11)6-19)20-7-10-12-3-4-13(23-12)14(10)24(20,21)22/h2-6,9,12-14H,7H2;1-5,10,12-14H,7H2/t9-,12+,13-,14-;10-,12+,13-,14-/m10/s1. The van der Waals surface area contributed by atoms with Gasteiger partial charge in [0, 0.05) is 30.6 Å². The smallest absolute Gasteiger partial charge is 0.365 e. The molecule has 0 N–H and O–H groups in total. The Morgan fingerprint density at radius 1 is 0.729 bits per heavy atom. The molecule has 4 saturated heterocycles. The van der Waals surface area contributed by atoms with E-state index in [1.165, 1.54) is 18.2 Å². The first-order valence-electron chi connectivity index (χ1n) is 14.4. The zero-order chi connectivity index (χ0) is 34.6. The molecule has 0 spiro atoms. The summed E-state index contributed by atoms with van der Waals surface area (Å²) in [7, 11) is -7.64. The zero-order valence-corrected chi connectivity index (χ0v) is 25.8. The van der Waals surface area contributed by atoms with Crippen molar-refractivity contribution in [2.45, 2.75) is 47.3 Å². The molecule has 0 radical (unpaired) electrons. The molecule has 6 aliphatic rings. The number of halogens is 6. The molecule has 2 aromatic carbocycles. The van der Waals surface area contributed by atoms with E-state index >= 15 is 0 Å². The highest BCUT2D eigenvalue weighted by atomic mass is 32.2. The number of fused-ring (bicyclic) bond motifs is 10. The minimum absolute atomic E-state index is 0.0662. The minimum Gasteiger partial charge on any atom is -0.365 e. The molecule has 4 fully saturated rings. The number of anilines is 2. The molecule has 0 aromatic heterocycles. The number of benzene rings is 2. The van der Waals surface area contributed by atoms with Crippen LogP contribution in [0.2, 0.25) is 0 Å². The average Bonchev–Trinajstić information content (AvgIpc) is 3.87. The van der Waals surface area contributed by atoms with Crippen LogP contribution in [0, 0.1) is 29.7 Å². The van der Waals surface area contributed by atoms with Crippen molar-refractivity contribution >= 4 is 37.1 Å². The van der Waals surface area contributed by atoms with Crippen LogP contribution in [0.25, 0.3) is 4.85 Å². The van der Waals surface area contributed by atoms with Gasteiger partial charge in [-0.15, -0.1) is 0 Å². The van der Waals surface area contributed by atoms with E-state index in [0.717, 1.165) is 32.9 Å². The Morgan fingerprint density at radius 3 is 1.58 bits per heavy atom. The lowest BCUT2D eigenvalue weighted by atomic mass is 9.94. The summed E-state index contributed by atoms with van der Waals surface area (Å²) < 4.78 is 143. The van der Waals surface area contributed by atoms with E-state index in [2.05, 4.69) is 4.85 Å².